The molecule has 3 heterocycles. The van der Waals surface area contributed by atoms with Crippen molar-refractivity contribution < 1.29 is 23.7 Å². The average Bonchev–Trinajstić information content (AvgIpc) is 3.57. The summed E-state index contributed by atoms with van der Waals surface area (Å²) in [4.78, 5) is 57.4. The molecule has 0 radical (unpaired) electrons. The van der Waals surface area contributed by atoms with Crippen molar-refractivity contribution in [3.05, 3.63) is 69.0 Å². The molecule has 3 aromatic rings. The number of hydrogen-bond acceptors (Lipinski definition) is 8. The van der Waals surface area contributed by atoms with E-state index in [0.29, 0.717) is 54.3 Å². The van der Waals surface area contributed by atoms with Crippen LogP contribution in [0.5, 0.6) is 0 Å². The number of fused-ring (bicyclic) bond motifs is 2. The van der Waals surface area contributed by atoms with E-state index in [2.05, 4.69) is 31.4 Å². The summed E-state index contributed by atoms with van der Waals surface area (Å²) in [6.07, 6.45) is 1.92. The SMILES string of the molecule is Cc1noc(C)c1CC(=O)N[C@H]1CCCCNC(=O)[C@@H](Cc2ccccc2)NC(=O)c2csc(n2)[C@@H](C(C)C)NC1=O. The van der Waals surface area contributed by atoms with Crippen molar-refractivity contribution in [1.82, 2.24) is 31.4 Å². The number of benzene rings is 1. The van der Waals surface area contributed by atoms with Crippen LogP contribution in [-0.4, -0.2) is 52.4 Å². The summed E-state index contributed by atoms with van der Waals surface area (Å²) in [5.74, 6) is -0.873. The Labute approximate surface area is 249 Å². The van der Waals surface area contributed by atoms with Gasteiger partial charge in [-0.05, 0) is 44.6 Å². The number of nitrogens with one attached hydrogen (secondary N) is 4. The molecule has 0 fully saturated rings. The number of aromatic nitrogens is 2. The van der Waals surface area contributed by atoms with Crippen LogP contribution < -0.4 is 21.3 Å². The standard InChI is InChI=1S/C30H38N6O5S/c1-17(2)26-30-34-24(16-42-30)29(40)33-23(14-20-10-6-5-7-11-20)27(38)31-13-9-8-12-22(28(39)35-26)32-25(37)15-21-18(3)36-41-19(21)4/h5-7,10-11,16-17,22-23,26H,8-9,12-15H2,1-4H3,(H,31,38)(H,32,37)(H,33,40)(H,35,39)/t22-,23+,26+/m0/s1. The molecule has 4 N–H and O–H groups in total. The van der Waals surface area contributed by atoms with E-state index in [4.69, 9.17) is 4.52 Å². The fourth-order valence-electron chi connectivity index (χ4n) is 4.83. The molecular formula is C30H38N6O5S. The van der Waals surface area contributed by atoms with Crippen LogP contribution in [0.4, 0.5) is 0 Å². The molecule has 1 aliphatic rings. The van der Waals surface area contributed by atoms with Gasteiger partial charge >= 0.3 is 0 Å². The summed E-state index contributed by atoms with van der Waals surface area (Å²) in [6, 6.07) is 7.45. The Morgan fingerprint density at radius 3 is 2.55 bits per heavy atom. The number of carbonyl (C=O) groups excluding carboxylic acids is 4. The highest BCUT2D eigenvalue weighted by Crippen LogP contribution is 2.26. The maximum absolute atomic E-state index is 13.5. The molecule has 0 aliphatic carbocycles. The molecule has 1 aliphatic heterocycles. The van der Waals surface area contributed by atoms with Gasteiger partial charge in [-0.2, -0.15) is 0 Å². The second kappa shape index (κ2) is 14.2. The Hall–Kier alpha value is -4.06. The van der Waals surface area contributed by atoms with E-state index in [9.17, 15) is 19.2 Å². The van der Waals surface area contributed by atoms with Crippen LogP contribution in [0.1, 0.15) is 77.2 Å². The predicted octanol–water partition coefficient (Wildman–Crippen LogP) is 2.93. The van der Waals surface area contributed by atoms with Gasteiger partial charge in [-0.25, -0.2) is 4.98 Å². The maximum atomic E-state index is 13.5. The summed E-state index contributed by atoms with van der Waals surface area (Å²) < 4.78 is 5.17. The summed E-state index contributed by atoms with van der Waals surface area (Å²) >= 11 is 1.27. The lowest BCUT2D eigenvalue weighted by Gasteiger charge is -2.25. The van der Waals surface area contributed by atoms with Crippen LogP contribution in [0.15, 0.2) is 40.2 Å². The Morgan fingerprint density at radius 1 is 1.10 bits per heavy atom. The molecule has 0 saturated heterocycles. The molecule has 2 bridgehead atoms. The quantitative estimate of drug-likeness (QED) is 0.342. The molecular weight excluding hydrogens is 556 g/mol. The summed E-state index contributed by atoms with van der Waals surface area (Å²) in [5.41, 5.74) is 2.43. The summed E-state index contributed by atoms with van der Waals surface area (Å²) in [7, 11) is 0. The molecule has 42 heavy (non-hydrogen) atoms. The first-order valence-corrected chi connectivity index (χ1v) is 15.1. The van der Waals surface area contributed by atoms with Gasteiger partial charge < -0.3 is 25.8 Å². The molecule has 0 spiro atoms. The topological polar surface area (TPSA) is 155 Å². The number of hydrogen-bond donors (Lipinski definition) is 4. The lowest BCUT2D eigenvalue weighted by Crippen LogP contribution is -2.49. The number of carbonyl (C=O) groups is 4. The zero-order valence-electron chi connectivity index (χ0n) is 24.4. The highest BCUT2D eigenvalue weighted by atomic mass is 32.1. The van der Waals surface area contributed by atoms with Gasteiger partial charge in [-0.1, -0.05) is 49.3 Å². The first-order chi connectivity index (χ1) is 20.1. The number of nitrogens with zero attached hydrogens (tertiary/aromatic N) is 2. The normalized spacial score (nSPS) is 20.5. The minimum absolute atomic E-state index is 0.0369. The van der Waals surface area contributed by atoms with Gasteiger partial charge in [0.25, 0.3) is 5.91 Å². The number of thiazole rings is 1. The fraction of sp³-hybridized carbons (Fsp3) is 0.467. The third-order valence-electron chi connectivity index (χ3n) is 7.28. The van der Waals surface area contributed by atoms with Gasteiger partial charge in [0.05, 0.1) is 18.2 Å². The molecule has 2 aromatic heterocycles. The molecule has 12 heteroatoms. The number of aryl methyl sites for hydroxylation is 2. The van der Waals surface area contributed by atoms with E-state index < -0.39 is 24.0 Å². The second-order valence-electron chi connectivity index (χ2n) is 10.9. The third-order valence-corrected chi connectivity index (χ3v) is 8.21. The van der Waals surface area contributed by atoms with E-state index in [1.165, 1.54) is 11.3 Å². The molecule has 4 amide bonds. The molecule has 0 unspecified atom stereocenters. The van der Waals surface area contributed by atoms with E-state index in [-0.39, 0.29) is 35.8 Å². The Kier molecular flexibility index (Phi) is 10.5. The summed E-state index contributed by atoms with van der Waals surface area (Å²) in [6.45, 7) is 7.78. The van der Waals surface area contributed by atoms with E-state index in [1.54, 1.807) is 19.2 Å². The van der Waals surface area contributed by atoms with Gasteiger partial charge in [-0.15, -0.1) is 11.3 Å². The zero-order chi connectivity index (χ0) is 30.2. The van der Waals surface area contributed by atoms with Crippen molar-refractivity contribution in [3.63, 3.8) is 0 Å². The van der Waals surface area contributed by atoms with Crippen LogP contribution in [0.2, 0.25) is 0 Å². The van der Waals surface area contributed by atoms with E-state index in [0.717, 1.165) is 5.56 Å². The first kappa shape index (κ1) is 30.9. The van der Waals surface area contributed by atoms with Crippen LogP contribution in [0.25, 0.3) is 0 Å². The fourth-order valence-corrected chi connectivity index (χ4v) is 5.85. The van der Waals surface area contributed by atoms with Gasteiger partial charge in [0, 0.05) is 23.9 Å². The van der Waals surface area contributed by atoms with Crippen molar-refractivity contribution in [2.45, 2.75) is 77.9 Å². The number of rotatable bonds is 6. The van der Waals surface area contributed by atoms with Crippen LogP contribution in [0.3, 0.4) is 0 Å². The Bertz CT molecular complexity index is 1380. The lowest BCUT2D eigenvalue weighted by molar-refractivity contribution is -0.129. The highest BCUT2D eigenvalue weighted by molar-refractivity contribution is 7.09. The molecule has 224 valence electrons. The predicted molar refractivity (Wildman–Crippen MR) is 158 cm³/mol. The van der Waals surface area contributed by atoms with Crippen LogP contribution in [0, 0.1) is 19.8 Å². The van der Waals surface area contributed by atoms with Crippen molar-refractivity contribution in [3.8, 4) is 0 Å². The molecule has 4 rings (SSSR count). The van der Waals surface area contributed by atoms with Crippen molar-refractivity contribution in [2.24, 2.45) is 5.92 Å². The third kappa shape index (κ3) is 8.03. The van der Waals surface area contributed by atoms with Crippen molar-refractivity contribution in [2.75, 3.05) is 6.54 Å². The minimum Gasteiger partial charge on any atom is -0.361 e. The van der Waals surface area contributed by atoms with Gasteiger partial charge in [-0.3, -0.25) is 19.2 Å². The monoisotopic (exact) mass is 594 g/mol. The number of amides is 4. The average molecular weight is 595 g/mol. The lowest BCUT2D eigenvalue weighted by atomic mass is 10.0. The van der Waals surface area contributed by atoms with E-state index in [1.807, 2.05) is 44.2 Å². The largest absolute Gasteiger partial charge is 0.361 e. The van der Waals surface area contributed by atoms with Gasteiger partial charge in [0.1, 0.15) is 28.5 Å². The zero-order valence-corrected chi connectivity index (χ0v) is 25.2. The summed E-state index contributed by atoms with van der Waals surface area (Å²) in [5, 5.41) is 17.8. The smallest absolute Gasteiger partial charge is 0.271 e. The molecule has 3 atom stereocenters. The van der Waals surface area contributed by atoms with E-state index >= 15 is 0 Å². The molecule has 1 aromatic carbocycles. The highest BCUT2D eigenvalue weighted by Gasteiger charge is 2.29. The van der Waals surface area contributed by atoms with Crippen LogP contribution >= 0.6 is 11.3 Å². The van der Waals surface area contributed by atoms with Gasteiger partial charge in [0.2, 0.25) is 17.7 Å². The molecule has 11 nitrogen and oxygen atoms in total. The second-order valence-corrected chi connectivity index (χ2v) is 11.8. The Balaban J connectivity index is 1.55. The van der Waals surface area contributed by atoms with Gasteiger partial charge in [0.15, 0.2) is 0 Å². The maximum Gasteiger partial charge on any atom is 0.271 e. The first-order valence-electron chi connectivity index (χ1n) is 14.2. The molecule has 0 saturated carbocycles. The van der Waals surface area contributed by atoms with Crippen molar-refractivity contribution >= 4 is 35.0 Å². The van der Waals surface area contributed by atoms with Crippen molar-refractivity contribution in [1.29, 1.82) is 0 Å². The Morgan fingerprint density at radius 2 is 1.86 bits per heavy atom. The minimum atomic E-state index is -0.795. The van der Waals surface area contributed by atoms with Crippen LogP contribution in [-0.2, 0) is 27.2 Å².